The number of anilines is 1. The van der Waals surface area contributed by atoms with Crippen LogP contribution >= 0.6 is 11.8 Å². The summed E-state index contributed by atoms with van der Waals surface area (Å²) in [5, 5.41) is 8.30. The lowest BCUT2D eigenvalue weighted by Gasteiger charge is -2.09. The van der Waals surface area contributed by atoms with Crippen LogP contribution in [-0.2, 0) is 7.05 Å². The summed E-state index contributed by atoms with van der Waals surface area (Å²) < 4.78 is 1.76. The number of hydrogen-bond acceptors (Lipinski definition) is 4. The van der Waals surface area contributed by atoms with Crippen LogP contribution in [0.5, 0.6) is 0 Å². The first-order valence-corrected chi connectivity index (χ1v) is 9.59. The molecule has 25 heavy (non-hydrogen) atoms. The molecule has 0 saturated heterocycles. The second-order valence-corrected chi connectivity index (χ2v) is 7.34. The van der Waals surface area contributed by atoms with Gasteiger partial charge in [0, 0.05) is 29.2 Å². The van der Waals surface area contributed by atoms with Crippen molar-refractivity contribution in [1.29, 1.82) is 0 Å². The predicted molar refractivity (Wildman–Crippen MR) is 101 cm³/mol. The third-order valence-corrected chi connectivity index (χ3v) is 5.32. The summed E-state index contributed by atoms with van der Waals surface area (Å²) in [4.78, 5) is 18.9. The van der Waals surface area contributed by atoms with Crippen LogP contribution in [0.15, 0.2) is 35.2 Å². The molecule has 1 N–H and O–H groups in total. The minimum Gasteiger partial charge on any atom is -0.322 e. The van der Waals surface area contributed by atoms with Gasteiger partial charge in [-0.15, -0.1) is 11.8 Å². The first kappa shape index (κ1) is 16.1. The lowest BCUT2D eigenvalue weighted by molar-refractivity contribution is 0.102. The van der Waals surface area contributed by atoms with E-state index in [-0.39, 0.29) is 5.91 Å². The minimum absolute atomic E-state index is 0.109. The van der Waals surface area contributed by atoms with E-state index in [9.17, 15) is 4.79 Å². The first-order chi connectivity index (χ1) is 12.1. The van der Waals surface area contributed by atoms with Crippen LogP contribution in [0.1, 0.15) is 40.5 Å². The molecule has 0 radical (unpaired) electrons. The number of carbonyl (C=O) groups is 1. The Labute approximate surface area is 150 Å². The van der Waals surface area contributed by atoms with Crippen molar-refractivity contribution in [1.82, 2.24) is 14.8 Å². The van der Waals surface area contributed by atoms with E-state index in [1.165, 1.54) is 4.90 Å². The van der Waals surface area contributed by atoms with Gasteiger partial charge in [0.25, 0.3) is 5.91 Å². The molecule has 0 spiro atoms. The molecule has 5 nitrogen and oxygen atoms in total. The molecule has 1 aliphatic rings. The highest BCUT2D eigenvalue weighted by Gasteiger charge is 2.28. The van der Waals surface area contributed by atoms with E-state index in [0.717, 1.165) is 41.0 Å². The highest BCUT2D eigenvalue weighted by molar-refractivity contribution is 7.98. The Hall–Kier alpha value is -2.34. The van der Waals surface area contributed by atoms with Crippen LogP contribution in [0.3, 0.4) is 0 Å². The molecule has 0 bridgehead atoms. The second-order valence-electron chi connectivity index (χ2n) is 6.46. The number of aryl methyl sites for hydroxylation is 2. The van der Waals surface area contributed by atoms with Gasteiger partial charge in [-0.25, -0.2) is 4.98 Å². The Morgan fingerprint density at radius 3 is 2.64 bits per heavy atom. The standard InChI is InChI=1S/C19H20N4OS/c1-11-17-15(19(24)20-13-6-8-14(25-3)9-7-13)10-16(12-4-5-12)21-18(17)23(2)22-11/h6-10,12H,4-5H2,1-3H3,(H,20,24). The quantitative estimate of drug-likeness (QED) is 0.717. The van der Waals surface area contributed by atoms with E-state index in [1.54, 1.807) is 16.4 Å². The maximum absolute atomic E-state index is 13.0. The van der Waals surface area contributed by atoms with Gasteiger partial charge in [0.15, 0.2) is 5.65 Å². The molecule has 0 unspecified atom stereocenters. The van der Waals surface area contributed by atoms with Gasteiger partial charge >= 0.3 is 0 Å². The second kappa shape index (κ2) is 6.19. The van der Waals surface area contributed by atoms with Crippen LogP contribution in [-0.4, -0.2) is 26.9 Å². The molecule has 128 valence electrons. The number of amides is 1. The van der Waals surface area contributed by atoms with Gasteiger partial charge in [-0.2, -0.15) is 5.10 Å². The molecule has 2 heterocycles. The lowest BCUT2D eigenvalue weighted by atomic mass is 10.1. The third-order valence-electron chi connectivity index (χ3n) is 4.58. The average Bonchev–Trinajstić information content (AvgIpc) is 3.42. The van der Waals surface area contributed by atoms with Gasteiger partial charge in [-0.05, 0) is 56.4 Å². The smallest absolute Gasteiger partial charge is 0.256 e. The Kier molecular flexibility index (Phi) is 4.00. The number of nitrogens with zero attached hydrogens (tertiary/aromatic N) is 3. The van der Waals surface area contributed by atoms with Gasteiger partial charge in [-0.1, -0.05) is 0 Å². The summed E-state index contributed by atoms with van der Waals surface area (Å²) >= 11 is 1.68. The predicted octanol–water partition coefficient (Wildman–Crippen LogP) is 4.13. The van der Waals surface area contributed by atoms with E-state index in [0.29, 0.717) is 11.5 Å². The number of aromatic nitrogens is 3. The first-order valence-electron chi connectivity index (χ1n) is 8.36. The van der Waals surface area contributed by atoms with Crippen molar-refractivity contribution in [2.24, 2.45) is 7.05 Å². The molecule has 6 heteroatoms. The number of hydrogen-bond donors (Lipinski definition) is 1. The molecule has 1 aromatic carbocycles. The number of carbonyl (C=O) groups excluding carboxylic acids is 1. The molecular weight excluding hydrogens is 332 g/mol. The molecular formula is C19H20N4OS. The van der Waals surface area contributed by atoms with Crippen molar-refractivity contribution < 1.29 is 4.79 Å². The summed E-state index contributed by atoms with van der Waals surface area (Å²) in [7, 11) is 1.88. The van der Waals surface area contributed by atoms with E-state index >= 15 is 0 Å². The fraction of sp³-hybridized carbons (Fsp3) is 0.316. The van der Waals surface area contributed by atoms with E-state index in [4.69, 9.17) is 4.98 Å². The summed E-state index contributed by atoms with van der Waals surface area (Å²) in [6, 6.07) is 9.82. The Morgan fingerprint density at radius 2 is 2.00 bits per heavy atom. The molecule has 1 aliphatic carbocycles. The summed E-state index contributed by atoms with van der Waals surface area (Å²) in [5.41, 5.74) is 4.06. The summed E-state index contributed by atoms with van der Waals surface area (Å²) in [5.74, 6) is 0.370. The van der Waals surface area contributed by atoms with Gasteiger partial charge in [-0.3, -0.25) is 9.48 Å². The van der Waals surface area contributed by atoms with Crippen molar-refractivity contribution in [3.63, 3.8) is 0 Å². The normalized spacial score (nSPS) is 14.0. The molecule has 2 aromatic heterocycles. The molecule has 1 fully saturated rings. The molecule has 0 atom stereocenters. The fourth-order valence-electron chi connectivity index (χ4n) is 3.10. The Bertz CT molecular complexity index is 958. The molecule has 4 rings (SSSR count). The van der Waals surface area contributed by atoms with Crippen molar-refractivity contribution in [3.05, 3.63) is 47.3 Å². The highest BCUT2D eigenvalue weighted by atomic mass is 32.2. The van der Waals surface area contributed by atoms with E-state index in [1.807, 2.05) is 50.6 Å². The van der Waals surface area contributed by atoms with Crippen molar-refractivity contribution >= 4 is 34.4 Å². The summed E-state index contributed by atoms with van der Waals surface area (Å²) in [6.45, 7) is 1.92. The van der Waals surface area contributed by atoms with E-state index in [2.05, 4.69) is 10.4 Å². The Morgan fingerprint density at radius 1 is 1.28 bits per heavy atom. The monoisotopic (exact) mass is 352 g/mol. The SMILES string of the molecule is CSc1ccc(NC(=O)c2cc(C3CC3)nc3c2c(C)nn3C)cc1. The Balaban J connectivity index is 1.74. The van der Waals surface area contributed by atoms with Crippen molar-refractivity contribution in [2.75, 3.05) is 11.6 Å². The average molecular weight is 352 g/mol. The summed E-state index contributed by atoms with van der Waals surface area (Å²) in [6.07, 6.45) is 4.32. The number of rotatable bonds is 4. The lowest BCUT2D eigenvalue weighted by Crippen LogP contribution is -2.13. The number of pyridine rings is 1. The van der Waals surface area contributed by atoms with Crippen molar-refractivity contribution in [3.8, 4) is 0 Å². The molecule has 1 amide bonds. The van der Waals surface area contributed by atoms with Gasteiger partial charge in [0.05, 0.1) is 16.6 Å². The third kappa shape index (κ3) is 3.02. The van der Waals surface area contributed by atoms with Crippen LogP contribution in [0.4, 0.5) is 5.69 Å². The van der Waals surface area contributed by atoms with Crippen LogP contribution in [0.2, 0.25) is 0 Å². The zero-order chi connectivity index (χ0) is 17.6. The van der Waals surface area contributed by atoms with Crippen molar-refractivity contribution in [2.45, 2.75) is 30.6 Å². The minimum atomic E-state index is -0.109. The van der Waals surface area contributed by atoms with E-state index < -0.39 is 0 Å². The molecule has 3 aromatic rings. The number of fused-ring (bicyclic) bond motifs is 1. The number of benzene rings is 1. The van der Waals surface area contributed by atoms with Crippen LogP contribution < -0.4 is 5.32 Å². The maximum Gasteiger partial charge on any atom is 0.256 e. The van der Waals surface area contributed by atoms with Gasteiger partial charge < -0.3 is 5.32 Å². The molecule has 1 saturated carbocycles. The van der Waals surface area contributed by atoms with Crippen LogP contribution in [0, 0.1) is 6.92 Å². The van der Waals surface area contributed by atoms with Crippen LogP contribution in [0.25, 0.3) is 11.0 Å². The maximum atomic E-state index is 13.0. The fourth-order valence-corrected chi connectivity index (χ4v) is 3.51. The largest absolute Gasteiger partial charge is 0.322 e. The van der Waals surface area contributed by atoms with Gasteiger partial charge in [0.1, 0.15) is 0 Å². The molecule has 0 aliphatic heterocycles. The zero-order valence-electron chi connectivity index (χ0n) is 14.5. The zero-order valence-corrected chi connectivity index (χ0v) is 15.4. The topological polar surface area (TPSA) is 59.8 Å². The highest BCUT2D eigenvalue weighted by Crippen LogP contribution is 2.40. The van der Waals surface area contributed by atoms with Gasteiger partial charge in [0.2, 0.25) is 0 Å². The number of thioether (sulfide) groups is 1. The number of nitrogens with one attached hydrogen (secondary N) is 1.